The summed E-state index contributed by atoms with van der Waals surface area (Å²) in [5.41, 5.74) is 18.9. The van der Waals surface area contributed by atoms with Crippen LogP contribution in [0.1, 0.15) is 49.9 Å². The van der Waals surface area contributed by atoms with Crippen LogP contribution >= 0.6 is 0 Å². The van der Waals surface area contributed by atoms with Crippen molar-refractivity contribution in [2.75, 3.05) is 4.90 Å². The number of hydrogen-bond acceptors (Lipinski definition) is 1. The fraction of sp³-hybridized carbons (Fsp3) is 0.115. The van der Waals surface area contributed by atoms with E-state index < -0.39 is 0 Å². The van der Waals surface area contributed by atoms with Crippen molar-refractivity contribution in [1.82, 2.24) is 0 Å². The van der Waals surface area contributed by atoms with E-state index in [-0.39, 0.29) is 10.8 Å². The Morgan fingerprint density at radius 3 is 1.66 bits per heavy atom. The van der Waals surface area contributed by atoms with Crippen LogP contribution in [-0.4, -0.2) is 0 Å². The standard InChI is InChI=1S/C52H41N/c1-51(2)46-31-28-39(32-44(46)50-41(36-16-9-6-10-17-36)29-24-37-18-13-21-47(51)49(37)50)53(38-25-22-35(23-26-38)34-14-7-5-8-15-34)40-27-30-43-42-19-11-12-20-45(42)52(3,4)48(43)33-40/h5-33H,1-4H3. The third kappa shape index (κ3) is 4.77. The molecule has 53 heavy (non-hydrogen) atoms. The number of benzene rings is 8. The second-order valence-electron chi connectivity index (χ2n) is 15.8. The molecule has 0 spiro atoms. The van der Waals surface area contributed by atoms with Crippen molar-refractivity contribution in [1.29, 1.82) is 0 Å². The van der Waals surface area contributed by atoms with E-state index in [0.29, 0.717) is 0 Å². The van der Waals surface area contributed by atoms with Crippen LogP contribution in [0, 0.1) is 0 Å². The lowest BCUT2D eigenvalue weighted by atomic mass is 9.67. The second-order valence-corrected chi connectivity index (χ2v) is 15.8. The van der Waals surface area contributed by atoms with Crippen LogP contribution in [0.2, 0.25) is 0 Å². The molecule has 10 rings (SSSR count). The molecule has 0 saturated carbocycles. The minimum atomic E-state index is -0.165. The fourth-order valence-electron chi connectivity index (χ4n) is 9.32. The van der Waals surface area contributed by atoms with E-state index in [1.165, 1.54) is 77.5 Å². The van der Waals surface area contributed by atoms with Crippen LogP contribution < -0.4 is 4.90 Å². The lowest BCUT2D eigenvalue weighted by Gasteiger charge is -2.37. The molecule has 0 aromatic heterocycles. The van der Waals surface area contributed by atoms with Crippen LogP contribution in [0.4, 0.5) is 17.1 Å². The quantitative estimate of drug-likeness (QED) is 0.175. The summed E-state index contributed by atoms with van der Waals surface area (Å²) >= 11 is 0. The molecule has 0 radical (unpaired) electrons. The van der Waals surface area contributed by atoms with Crippen LogP contribution in [-0.2, 0) is 10.8 Å². The maximum atomic E-state index is 2.46. The van der Waals surface area contributed by atoms with Crippen molar-refractivity contribution < 1.29 is 0 Å². The predicted octanol–water partition coefficient (Wildman–Crippen LogP) is 14.3. The van der Waals surface area contributed by atoms with Gasteiger partial charge >= 0.3 is 0 Å². The van der Waals surface area contributed by atoms with Gasteiger partial charge in [0.2, 0.25) is 0 Å². The summed E-state index contributed by atoms with van der Waals surface area (Å²) in [6, 6.07) is 65.3. The Morgan fingerprint density at radius 1 is 0.340 bits per heavy atom. The van der Waals surface area contributed by atoms with Crippen LogP contribution in [0.3, 0.4) is 0 Å². The molecule has 0 fully saturated rings. The van der Waals surface area contributed by atoms with Gasteiger partial charge in [-0.2, -0.15) is 0 Å². The van der Waals surface area contributed by atoms with Gasteiger partial charge in [-0.15, -0.1) is 0 Å². The molecule has 0 atom stereocenters. The summed E-state index contributed by atoms with van der Waals surface area (Å²) in [6.07, 6.45) is 0. The van der Waals surface area contributed by atoms with Gasteiger partial charge in [0.1, 0.15) is 0 Å². The smallest absolute Gasteiger partial charge is 0.0468 e. The molecule has 254 valence electrons. The van der Waals surface area contributed by atoms with Gasteiger partial charge in [0.15, 0.2) is 0 Å². The Hall–Kier alpha value is -6.18. The van der Waals surface area contributed by atoms with Gasteiger partial charge in [0.25, 0.3) is 0 Å². The molecule has 0 saturated heterocycles. The van der Waals surface area contributed by atoms with E-state index in [1.807, 2.05) is 0 Å². The molecule has 8 aromatic rings. The highest BCUT2D eigenvalue weighted by molar-refractivity contribution is 6.09. The first-order valence-corrected chi connectivity index (χ1v) is 18.8. The fourth-order valence-corrected chi connectivity index (χ4v) is 9.32. The normalized spacial score (nSPS) is 14.3. The Balaban J connectivity index is 1.21. The summed E-state index contributed by atoms with van der Waals surface area (Å²) < 4.78 is 0. The van der Waals surface area contributed by atoms with E-state index in [9.17, 15) is 0 Å². The highest BCUT2D eigenvalue weighted by Crippen LogP contribution is 2.54. The van der Waals surface area contributed by atoms with Crippen LogP contribution in [0.25, 0.3) is 55.3 Å². The minimum Gasteiger partial charge on any atom is -0.310 e. The van der Waals surface area contributed by atoms with Gasteiger partial charge in [-0.25, -0.2) is 0 Å². The first-order valence-electron chi connectivity index (χ1n) is 18.8. The molecule has 0 bridgehead atoms. The molecular formula is C52H41N. The number of hydrogen-bond donors (Lipinski definition) is 0. The highest BCUT2D eigenvalue weighted by atomic mass is 15.1. The first-order chi connectivity index (χ1) is 25.8. The molecule has 2 aliphatic rings. The zero-order chi connectivity index (χ0) is 35.9. The Kier molecular flexibility index (Phi) is 6.94. The zero-order valence-corrected chi connectivity index (χ0v) is 30.7. The molecule has 0 heterocycles. The molecular weight excluding hydrogens is 639 g/mol. The van der Waals surface area contributed by atoms with Gasteiger partial charge in [-0.3, -0.25) is 0 Å². The zero-order valence-electron chi connectivity index (χ0n) is 30.7. The average Bonchev–Trinajstić information content (AvgIpc) is 3.43. The summed E-state index contributed by atoms with van der Waals surface area (Å²) in [7, 11) is 0. The Labute approximate surface area is 312 Å². The predicted molar refractivity (Wildman–Crippen MR) is 225 cm³/mol. The van der Waals surface area contributed by atoms with E-state index in [1.54, 1.807) is 0 Å². The second kappa shape index (κ2) is 11.7. The van der Waals surface area contributed by atoms with E-state index in [4.69, 9.17) is 0 Å². The number of rotatable bonds is 5. The lowest BCUT2D eigenvalue weighted by molar-refractivity contribution is 0.645. The third-order valence-electron chi connectivity index (χ3n) is 12.1. The molecule has 0 aliphatic heterocycles. The van der Waals surface area contributed by atoms with Crippen molar-refractivity contribution in [3.8, 4) is 44.5 Å². The Morgan fingerprint density at radius 2 is 0.887 bits per heavy atom. The summed E-state index contributed by atoms with van der Waals surface area (Å²) in [5.74, 6) is 0. The van der Waals surface area contributed by atoms with Gasteiger partial charge < -0.3 is 4.90 Å². The molecule has 0 unspecified atom stereocenters. The average molecular weight is 680 g/mol. The molecule has 1 nitrogen and oxygen atoms in total. The monoisotopic (exact) mass is 679 g/mol. The van der Waals surface area contributed by atoms with Gasteiger partial charge in [0.05, 0.1) is 0 Å². The molecule has 1 heteroatoms. The number of anilines is 3. The van der Waals surface area contributed by atoms with Gasteiger partial charge in [0, 0.05) is 27.9 Å². The first kappa shape index (κ1) is 31.5. The third-order valence-corrected chi connectivity index (χ3v) is 12.1. The molecule has 0 N–H and O–H groups in total. The number of nitrogens with zero attached hydrogens (tertiary/aromatic N) is 1. The summed E-state index contributed by atoms with van der Waals surface area (Å²) in [6.45, 7) is 9.51. The topological polar surface area (TPSA) is 3.24 Å². The molecule has 8 aromatic carbocycles. The lowest BCUT2D eigenvalue weighted by Crippen LogP contribution is -2.24. The molecule has 2 aliphatic carbocycles. The van der Waals surface area contributed by atoms with E-state index >= 15 is 0 Å². The van der Waals surface area contributed by atoms with Gasteiger partial charge in [-0.05, 0) is 114 Å². The van der Waals surface area contributed by atoms with Crippen molar-refractivity contribution in [2.45, 2.75) is 38.5 Å². The SMILES string of the molecule is CC1(C)c2ccccc2-c2ccc(N(c3ccc(-c4ccccc4)cc3)c3ccc4c(c3)-c3c(-c5ccccc5)ccc5cccc(c35)C4(C)C)cc21. The van der Waals surface area contributed by atoms with Crippen LogP contribution in [0.5, 0.6) is 0 Å². The largest absolute Gasteiger partial charge is 0.310 e. The summed E-state index contributed by atoms with van der Waals surface area (Å²) in [4.78, 5) is 2.46. The summed E-state index contributed by atoms with van der Waals surface area (Å²) in [5, 5.41) is 2.65. The Bertz CT molecular complexity index is 2700. The van der Waals surface area contributed by atoms with Crippen molar-refractivity contribution in [2.24, 2.45) is 0 Å². The van der Waals surface area contributed by atoms with E-state index in [2.05, 4.69) is 209 Å². The van der Waals surface area contributed by atoms with Gasteiger partial charge in [-0.1, -0.05) is 167 Å². The maximum Gasteiger partial charge on any atom is 0.0468 e. The van der Waals surface area contributed by atoms with Crippen molar-refractivity contribution >= 4 is 27.8 Å². The maximum absolute atomic E-state index is 2.46. The van der Waals surface area contributed by atoms with Crippen molar-refractivity contribution in [3.05, 3.63) is 198 Å². The van der Waals surface area contributed by atoms with E-state index in [0.717, 1.165) is 17.1 Å². The molecule has 0 amide bonds. The van der Waals surface area contributed by atoms with Crippen LogP contribution in [0.15, 0.2) is 176 Å². The highest BCUT2D eigenvalue weighted by Gasteiger charge is 2.37. The number of fused-ring (bicyclic) bond motifs is 5. The minimum absolute atomic E-state index is 0.103. The van der Waals surface area contributed by atoms with Crippen molar-refractivity contribution in [3.63, 3.8) is 0 Å².